The highest BCUT2D eigenvalue weighted by Gasteiger charge is 2.67. The molecule has 3 fully saturated rings. The predicted octanol–water partition coefficient (Wildman–Crippen LogP) is 3.08. The third-order valence-corrected chi connectivity index (χ3v) is 5.42. The first kappa shape index (κ1) is 11.5. The molecule has 1 aromatic heterocycles. The molecular weight excluding hydrogens is 242 g/mol. The molecule has 0 saturated heterocycles. The Labute approximate surface area is 112 Å². The SMILES string of the molecule is CCCc1nc(C2C3C4CCC(C4)C23)oc1C(=O)O. The van der Waals surface area contributed by atoms with Crippen LogP contribution in [0.4, 0.5) is 0 Å². The molecule has 102 valence electrons. The lowest BCUT2D eigenvalue weighted by Crippen LogP contribution is -1.99. The molecule has 1 heterocycles. The Hall–Kier alpha value is -1.32. The number of oxazole rings is 1. The third-order valence-electron chi connectivity index (χ3n) is 5.42. The van der Waals surface area contributed by atoms with E-state index >= 15 is 0 Å². The second-order valence-electron chi connectivity index (χ2n) is 6.40. The lowest BCUT2D eigenvalue weighted by molar-refractivity contribution is 0.0658. The van der Waals surface area contributed by atoms with Gasteiger partial charge in [0.15, 0.2) is 5.89 Å². The van der Waals surface area contributed by atoms with Gasteiger partial charge in [-0.25, -0.2) is 9.78 Å². The van der Waals surface area contributed by atoms with Gasteiger partial charge in [-0.1, -0.05) is 13.3 Å². The summed E-state index contributed by atoms with van der Waals surface area (Å²) in [5.74, 6) is 3.44. The van der Waals surface area contributed by atoms with Gasteiger partial charge in [0.2, 0.25) is 5.76 Å². The molecule has 0 aliphatic heterocycles. The number of carboxylic acids is 1. The molecule has 0 aromatic carbocycles. The number of fused-ring (bicyclic) bond motifs is 5. The van der Waals surface area contributed by atoms with E-state index in [4.69, 9.17) is 4.42 Å². The molecule has 19 heavy (non-hydrogen) atoms. The number of aryl methyl sites for hydroxylation is 1. The second-order valence-corrected chi connectivity index (χ2v) is 6.40. The third kappa shape index (κ3) is 1.52. The predicted molar refractivity (Wildman–Crippen MR) is 68.0 cm³/mol. The van der Waals surface area contributed by atoms with Crippen LogP contribution in [-0.4, -0.2) is 16.1 Å². The van der Waals surface area contributed by atoms with Gasteiger partial charge in [0.1, 0.15) is 0 Å². The van der Waals surface area contributed by atoms with Gasteiger partial charge in [0, 0.05) is 5.92 Å². The molecule has 0 amide bonds. The highest BCUT2D eigenvalue weighted by atomic mass is 16.4. The van der Waals surface area contributed by atoms with Crippen molar-refractivity contribution in [1.82, 2.24) is 4.98 Å². The van der Waals surface area contributed by atoms with Gasteiger partial charge < -0.3 is 9.52 Å². The number of aromatic nitrogens is 1. The minimum atomic E-state index is -0.976. The molecule has 2 bridgehead atoms. The van der Waals surface area contributed by atoms with Crippen molar-refractivity contribution in [2.45, 2.75) is 44.9 Å². The van der Waals surface area contributed by atoms with Crippen LogP contribution in [0.2, 0.25) is 0 Å². The van der Waals surface area contributed by atoms with E-state index in [0.29, 0.717) is 23.9 Å². The van der Waals surface area contributed by atoms with Gasteiger partial charge in [-0.15, -0.1) is 0 Å². The number of hydrogen-bond acceptors (Lipinski definition) is 3. The van der Waals surface area contributed by atoms with Gasteiger partial charge in [-0.3, -0.25) is 0 Å². The summed E-state index contributed by atoms with van der Waals surface area (Å²) >= 11 is 0. The quantitative estimate of drug-likeness (QED) is 0.904. The van der Waals surface area contributed by atoms with Crippen LogP contribution in [0.1, 0.15) is 60.7 Å². The summed E-state index contributed by atoms with van der Waals surface area (Å²) in [6, 6.07) is 0. The van der Waals surface area contributed by atoms with Gasteiger partial charge in [0.05, 0.1) is 5.69 Å². The Morgan fingerprint density at radius 1 is 1.37 bits per heavy atom. The maximum Gasteiger partial charge on any atom is 0.373 e. The van der Waals surface area contributed by atoms with Crippen molar-refractivity contribution in [3.05, 3.63) is 17.3 Å². The van der Waals surface area contributed by atoms with Crippen molar-refractivity contribution >= 4 is 5.97 Å². The topological polar surface area (TPSA) is 63.3 Å². The molecule has 3 saturated carbocycles. The Morgan fingerprint density at radius 3 is 2.63 bits per heavy atom. The van der Waals surface area contributed by atoms with Gasteiger partial charge in [-0.05, 0) is 49.4 Å². The number of rotatable bonds is 4. The van der Waals surface area contributed by atoms with Crippen molar-refractivity contribution in [1.29, 1.82) is 0 Å². The maximum absolute atomic E-state index is 11.2. The number of hydrogen-bond donors (Lipinski definition) is 1. The molecule has 4 rings (SSSR count). The van der Waals surface area contributed by atoms with E-state index in [0.717, 1.165) is 30.1 Å². The summed E-state index contributed by atoms with van der Waals surface area (Å²) in [5.41, 5.74) is 0.641. The summed E-state index contributed by atoms with van der Waals surface area (Å²) < 4.78 is 5.60. The number of nitrogens with zero attached hydrogens (tertiary/aromatic N) is 1. The highest BCUT2D eigenvalue weighted by Crippen LogP contribution is 2.72. The Morgan fingerprint density at radius 2 is 2.05 bits per heavy atom. The largest absolute Gasteiger partial charge is 0.475 e. The van der Waals surface area contributed by atoms with Crippen LogP contribution >= 0.6 is 0 Å². The zero-order valence-electron chi connectivity index (χ0n) is 11.1. The van der Waals surface area contributed by atoms with Crippen LogP contribution in [0.5, 0.6) is 0 Å². The summed E-state index contributed by atoms with van der Waals surface area (Å²) in [6.07, 6.45) is 5.70. The number of carboxylic acid groups (broad SMARTS) is 1. The fraction of sp³-hybridized carbons (Fsp3) is 0.733. The first-order valence-corrected chi connectivity index (χ1v) is 7.43. The van der Waals surface area contributed by atoms with E-state index in [-0.39, 0.29) is 5.76 Å². The van der Waals surface area contributed by atoms with Crippen LogP contribution in [0.15, 0.2) is 4.42 Å². The van der Waals surface area contributed by atoms with E-state index in [1.807, 2.05) is 6.92 Å². The van der Waals surface area contributed by atoms with E-state index in [2.05, 4.69) is 4.98 Å². The van der Waals surface area contributed by atoms with Crippen LogP contribution in [0.25, 0.3) is 0 Å². The maximum atomic E-state index is 11.2. The fourth-order valence-corrected chi connectivity index (χ4v) is 4.74. The van der Waals surface area contributed by atoms with Crippen LogP contribution in [-0.2, 0) is 6.42 Å². The second kappa shape index (κ2) is 3.84. The van der Waals surface area contributed by atoms with Crippen molar-refractivity contribution < 1.29 is 14.3 Å². The molecule has 3 aliphatic rings. The molecule has 3 aliphatic carbocycles. The Bertz CT molecular complexity index is 519. The van der Waals surface area contributed by atoms with E-state index in [9.17, 15) is 9.90 Å². The molecule has 1 N–H and O–H groups in total. The molecular formula is C15H19NO3. The molecule has 4 nitrogen and oxygen atoms in total. The van der Waals surface area contributed by atoms with Gasteiger partial charge in [-0.2, -0.15) is 0 Å². The summed E-state index contributed by atoms with van der Waals surface area (Å²) in [5, 5.41) is 9.19. The van der Waals surface area contributed by atoms with Crippen molar-refractivity contribution in [3.8, 4) is 0 Å². The first-order valence-electron chi connectivity index (χ1n) is 7.43. The van der Waals surface area contributed by atoms with Gasteiger partial charge >= 0.3 is 5.97 Å². The monoisotopic (exact) mass is 261 g/mol. The minimum Gasteiger partial charge on any atom is -0.475 e. The summed E-state index contributed by atoms with van der Waals surface area (Å²) in [7, 11) is 0. The van der Waals surface area contributed by atoms with Crippen molar-refractivity contribution in [3.63, 3.8) is 0 Å². The average molecular weight is 261 g/mol. The summed E-state index contributed by atoms with van der Waals surface area (Å²) in [6.45, 7) is 2.03. The lowest BCUT2D eigenvalue weighted by atomic mass is 10.0. The van der Waals surface area contributed by atoms with E-state index in [1.54, 1.807) is 0 Å². The first-order chi connectivity index (χ1) is 9.20. The standard InChI is InChI=1S/C15H19NO3/c1-2-3-9-13(15(17)18)19-14(16-9)12-10-7-4-5-8(6-7)11(10)12/h7-8,10-12H,2-6H2,1H3,(H,17,18). The zero-order valence-corrected chi connectivity index (χ0v) is 11.1. The number of carbonyl (C=O) groups is 1. The van der Waals surface area contributed by atoms with Crippen molar-refractivity contribution in [2.75, 3.05) is 0 Å². The normalized spacial score (nSPS) is 38.5. The Kier molecular flexibility index (Phi) is 2.32. The van der Waals surface area contributed by atoms with E-state index < -0.39 is 5.97 Å². The van der Waals surface area contributed by atoms with Crippen molar-refractivity contribution in [2.24, 2.45) is 23.7 Å². The van der Waals surface area contributed by atoms with Crippen LogP contribution < -0.4 is 0 Å². The molecule has 4 atom stereocenters. The van der Waals surface area contributed by atoms with Crippen LogP contribution in [0.3, 0.4) is 0 Å². The minimum absolute atomic E-state index is 0.0779. The lowest BCUT2D eigenvalue weighted by Gasteiger charge is -2.04. The highest BCUT2D eigenvalue weighted by molar-refractivity contribution is 5.85. The average Bonchev–Trinajstić information content (AvgIpc) is 2.77. The molecule has 0 radical (unpaired) electrons. The zero-order chi connectivity index (χ0) is 13.1. The molecule has 1 aromatic rings. The molecule has 4 heteroatoms. The number of aromatic carboxylic acids is 1. The smallest absolute Gasteiger partial charge is 0.373 e. The summed E-state index contributed by atoms with van der Waals surface area (Å²) in [4.78, 5) is 15.7. The van der Waals surface area contributed by atoms with Gasteiger partial charge in [0.25, 0.3) is 0 Å². The Balaban J connectivity index is 1.63. The fourth-order valence-electron chi connectivity index (χ4n) is 4.74. The van der Waals surface area contributed by atoms with E-state index in [1.165, 1.54) is 19.3 Å². The molecule has 4 unspecified atom stereocenters. The molecule has 0 spiro atoms. The van der Waals surface area contributed by atoms with Crippen LogP contribution in [0, 0.1) is 23.7 Å².